The number of benzene rings is 2. The van der Waals surface area contributed by atoms with E-state index in [9.17, 15) is 13.8 Å². The molecule has 0 bridgehead atoms. The fraction of sp³-hybridized carbons (Fsp3) is 0. The van der Waals surface area contributed by atoms with Crippen molar-refractivity contribution in [1.82, 2.24) is 0 Å². The van der Waals surface area contributed by atoms with Gasteiger partial charge in [-0.2, -0.15) is 0 Å². The number of halogens is 1. The monoisotopic (exact) mass is 296 g/mol. The van der Waals surface area contributed by atoms with Gasteiger partial charge >= 0.3 is 7.60 Å². The Kier molecular flexibility index (Phi) is 3.99. The minimum absolute atomic E-state index is 0.282. The predicted molar refractivity (Wildman–Crippen MR) is 69.3 cm³/mol. The highest BCUT2D eigenvalue weighted by atomic mass is 31.2. The lowest BCUT2D eigenvalue weighted by molar-refractivity contribution is 0.104. The molecule has 0 aliphatic carbocycles. The molecule has 0 radical (unpaired) electrons. The van der Waals surface area contributed by atoms with Crippen molar-refractivity contribution >= 4 is 13.1 Å². The Bertz CT molecular complexity index is 680. The average Bonchev–Trinajstić information content (AvgIpc) is 2.40. The summed E-state index contributed by atoms with van der Waals surface area (Å²) in [7, 11) is -4.91. The van der Waals surface area contributed by atoms with Crippen molar-refractivity contribution in [3.8, 4) is 11.5 Å². The Morgan fingerprint density at radius 3 is 2.35 bits per heavy atom. The van der Waals surface area contributed by atoms with Crippen LogP contribution in [0, 0.1) is 5.82 Å². The summed E-state index contributed by atoms with van der Waals surface area (Å²) in [4.78, 5) is 29.1. The van der Waals surface area contributed by atoms with Crippen LogP contribution in [-0.4, -0.2) is 15.3 Å². The summed E-state index contributed by atoms with van der Waals surface area (Å²) in [5, 5.41) is 0. The van der Waals surface area contributed by atoms with Crippen LogP contribution in [0.3, 0.4) is 0 Å². The van der Waals surface area contributed by atoms with Crippen molar-refractivity contribution in [1.29, 1.82) is 0 Å². The van der Waals surface area contributed by atoms with Gasteiger partial charge in [-0.1, -0.05) is 18.2 Å². The lowest BCUT2D eigenvalue weighted by atomic mass is 10.2. The number of carbonyl (C=O) groups is 1. The van der Waals surface area contributed by atoms with Crippen LogP contribution in [0.5, 0.6) is 11.5 Å². The Hall–Kier alpha value is -2.01. The lowest BCUT2D eigenvalue weighted by Gasteiger charge is -2.09. The maximum absolute atomic E-state index is 13.6. The van der Waals surface area contributed by atoms with Crippen LogP contribution in [0.2, 0.25) is 0 Å². The fourth-order valence-corrected chi connectivity index (χ4v) is 1.97. The van der Waals surface area contributed by atoms with E-state index in [1.807, 2.05) is 0 Å². The minimum atomic E-state index is -4.91. The molecule has 5 nitrogen and oxygen atoms in total. The van der Waals surface area contributed by atoms with Crippen LogP contribution in [0.25, 0.3) is 0 Å². The van der Waals surface area contributed by atoms with Crippen molar-refractivity contribution < 1.29 is 28.3 Å². The third kappa shape index (κ3) is 3.30. The first kappa shape index (κ1) is 14.4. The molecule has 2 rings (SSSR count). The van der Waals surface area contributed by atoms with Gasteiger partial charge in [0, 0.05) is 5.56 Å². The molecule has 0 saturated carbocycles. The van der Waals surface area contributed by atoms with Crippen LogP contribution in [0.15, 0.2) is 48.5 Å². The van der Waals surface area contributed by atoms with Crippen molar-refractivity contribution in [3.05, 3.63) is 59.9 Å². The number of ether oxygens (including phenoxy) is 1. The van der Waals surface area contributed by atoms with E-state index >= 15 is 0 Å². The summed E-state index contributed by atoms with van der Waals surface area (Å²) in [6.07, 6.45) is 0. The van der Waals surface area contributed by atoms with E-state index in [1.54, 1.807) is 30.3 Å². The normalized spacial score (nSPS) is 11.2. The summed E-state index contributed by atoms with van der Waals surface area (Å²) in [5.41, 5.74) is -1.69. The van der Waals surface area contributed by atoms with Gasteiger partial charge < -0.3 is 14.5 Å². The van der Waals surface area contributed by atoms with Gasteiger partial charge in [0.1, 0.15) is 5.75 Å². The van der Waals surface area contributed by atoms with Crippen LogP contribution < -0.4 is 4.74 Å². The third-order valence-electron chi connectivity index (χ3n) is 2.41. The molecule has 0 fully saturated rings. The van der Waals surface area contributed by atoms with Gasteiger partial charge in [0.2, 0.25) is 0 Å². The summed E-state index contributed by atoms with van der Waals surface area (Å²) < 4.78 is 29.7. The lowest BCUT2D eigenvalue weighted by Crippen LogP contribution is -2.01. The van der Waals surface area contributed by atoms with E-state index in [2.05, 4.69) is 0 Å². The highest BCUT2D eigenvalue weighted by Crippen LogP contribution is 2.40. The first-order chi connectivity index (χ1) is 9.38. The van der Waals surface area contributed by atoms with Crippen molar-refractivity contribution in [2.75, 3.05) is 0 Å². The van der Waals surface area contributed by atoms with Crippen LogP contribution in [0.1, 0.15) is 10.4 Å². The molecule has 2 aromatic rings. The predicted octanol–water partition coefficient (Wildman–Crippen LogP) is 2.94. The molecule has 104 valence electrons. The van der Waals surface area contributed by atoms with Gasteiger partial charge in [0.15, 0.2) is 11.6 Å². The first-order valence-electron chi connectivity index (χ1n) is 5.51. The number of carbonyl (C=O) groups excluding carboxylic acids is 1. The molecule has 0 saturated heterocycles. The smallest absolute Gasteiger partial charge is 0.396 e. The van der Waals surface area contributed by atoms with Crippen molar-refractivity contribution in [2.24, 2.45) is 0 Å². The van der Waals surface area contributed by atoms with E-state index in [0.29, 0.717) is 5.75 Å². The Morgan fingerprint density at radius 2 is 1.75 bits per heavy atom. The Labute approximate surface area is 113 Å². The second kappa shape index (κ2) is 5.54. The van der Waals surface area contributed by atoms with E-state index in [0.717, 1.165) is 18.2 Å². The molecule has 20 heavy (non-hydrogen) atoms. The molecule has 0 aromatic heterocycles. The average molecular weight is 296 g/mol. The SMILES string of the molecule is O=C(c1ccc(F)c(Oc2ccccc2)c1)P(=O)(O)O. The van der Waals surface area contributed by atoms with Crippen LogP contribution in [-0.2, 0) is 4.57 Å². The summed E-state index contributed by atoms with van der Waals surface area (Å²) in [6, 6.07) is 11.1. The van der Waals surface area contributed by atoms with E-state index < -0.39 is 18.9 Å². The Morgan fingerprint density at radius 1 is 1.10 bits per heavy atom. The zero-order valence-electron chi connectivity index (χ0n) is 10.1. The van der Waals surface area contributed by atoms with Gasteiger partial charge in [-0.15, -0.1) is 0 Å². The van der Waals surface area contributed by atoms with Gasteiger partial charge in [0.05, 0.1) is 0 Å². The third-order valence-corrected chi connectivity index (χ3v) is 3.20. The molecule has 0 aliphatic heterocycles. The first-order valence-corrected chi connectivity index (χ1v) is 7.12. The maximum atomic E-state index is 13.6. The number of rotatable bonds is 4. The standard InChI is InChI=1S/C13H10FO5P/c14-11-7-6-9(13(15)20(16,17)18)8-12(11)19-10-4-2-1-3-5-10/h1-8H,(H2,16,17,18). The van der Waals surface area contributed by atoms with E-state index in [-0.39, 0.29) is 11.3 Å². The van der Waals surface area contributed by atoms with Gasteiger partial charge in [-0.05, 0) is 30.3 Å². The highest BCUT2D eigenvalue weighted by molar-refractivity contribution is 7.70. The second-order valence-electron chi connectivity index (χ2n) is 3.91. The highest BCUT2D eigenvalue weighted by Gasteiger charge is 2.28. The zero-order valence-corrected chi connectivity index (χ0v) is 11.0. The largest absolute Gasteiger partial charge is 0.454 e. The molecule has 0 atom stereocenters. The summed E-state index contributed by atoms with van der Waals surface area (Å²) >= 11 is 0. The molecule has 0 amide bonds. The van der Waals surface area contributed by atoms with Crippen LogP contribution in [0.4, 0.5) is 4.39 Å². The Balaban J connectivity index is 2.35. The molecule has 0 unspecified atom stereocenters. The van der Waals surface area contributed by atoms with Crippen LogP contribution >= 0.6 is 7.60 Å². The number of hydrogen-bond acceptors (Lipinski definition) is 3. The molecular formula is C13H10FO5P. The van der Waals surface area contributed by atoms with Crippen molar-refractivity contribution in [3.63, 3.8) is 0 Å². The molecule has 0 aliphatic rings. The van der Waals surface area contributed by atoms with Gasteiger partial charge in [-0.3, -0.25) is 9.36 Å². The maximum Gasteiger partial charge on any atom is 0.396 e. The second-order valence-corrected chi connectivity index (χ2v) is 5.40. The number of para-hydroxylation sites is 1. The van der Waals surface area contributed by atoms with Gasteiger partial charge in [0.25, 0.3) is 5.52 Å². The number of hydrogen-bond donors (Lipinski definition) is 2. The zero-order chi connectivity index (χ0) is 14.8. The molecule has 7 heteroatoms. The van der Waals surface area contributed by atoms with E-state index in [1.165, 1.54) is 0 Å². The summed E-state index contributed by atoms with van der Waals surface area (Å²) in [5.74, 6) is -0.682. The summed E-state index contributed by atoms with van der Waals surface area (Å²) in [6.45, 7) is 0. The topological polar surface area (TPSA) is 83.8 Å². The molecule has 0 heterocycles. The molecule has 0 spiro atoms. The quantitative estimate of drug-likeness (QED) is 0.847. The van der Waals surface area contributed by atoms with Gasteiger partial charge in [-0.25, -0.2) is 4.39 Å². The van der Waals surface area contributed by atoms with E-state index in [4.69, 9.17) is 14.5 Å². The molecule has 2 aromatic carbocycles. The van der Waals surface area contributed by atoms with Crippen molar-refractivity contribution in [2.45, 2.75) is 0 Å². The fourth-order valence-electron chi connectivity index (χ4n) is 1.50. The molecule has 2 N–H and O–H groups in total. The molecular weight excluding hydrogens is 286 g/mol. The minimum Gasteiger partial charge on any atom is -0.454 e.